The van der Waals surface area contributed by atoms with Crippen LogP contribution in [0.15, 0.2) is 47.4 Å². The standard InChI is InChI=1S/C12H8Cl2O2S/c13-11-5-4-9(7-12(11)14)8-2-1-3-10(6-8)17(15)16/h1-7H,(H,15,16)/p-1. The lowest BCUT2D eigenvalue weighted by molar-refractivity contribution is 0.537. The van der Waals surface area contributed by atoms with Crippen molar-refractivity contribution in [3.05, 3.63) is 52.5 Å². The highest BCUT2D eigenvalue weighted by atomic mass is 35.5. The van der Waals surface area contributed by atoms with Crippen LogP contribution in [0.2, 0.25) is 10.0 Å². The summed E-state index contributed by atoms with van der Waals surface area (Å²) in [5, 5.41) is 0.914. The van der Waals surface area contributed by atoms with Crippen LogP contribution in [0.25, 0.3) is 11.1 Å². The van der Waals surface area contributed by atoms with E-state index in [1.165, 1.54) is 6.07 Å². The number of halogens is 2. The third-order valence-corrected chi connectivity index (χ3v) is 3.66. The minimum atomic E-state index is -2.23. The van der Waals surface area contributed by atoms with Gasteiger partial charge in [-0.25, -0.2) is 0 Å². The Morgan fingerprint density at radius 3 is 2.29 bits per heavy atom. The average molecular weight is 286 g/mol. The molecule has 0 saturated heterocycles. The van der Waals surface area contributed by atoms with Gasteiger partial charge in [-0.15, -0.1) is 0 Å². The number of rotatable bonds is 2. The van der Waals surface area contributed by atoms with Gasteiger partial charge in [0.2, 0.25) is 0 Å². The molecule has 2 nitrogen and oxygen atoms in total. The first-order valence-electron chi connectivity index (χ1n) is 4.72. The summed E-state index contributed by atoms with van der Waals surface area (Å²) >= 11 is 9.50. The molecule has 0 spiro atoms. The fraction of sp³-hybridized carbons (Fsp3) is 0. The molecule has 17 heavy (non-hydrogen) atoms. The smallest absolute Gasteiger partial charge is 0.0598 e. The summed E-state index contributed by atoms with van der Waals surface area (Å²) in [5.74, 6) is 0. The molecule has 0 aliphatic heterocycles. The van der Waals surface area contributed by atoms with Gasteiger partial charge in [0, 0.05) is 4.90 Å². The van der Waals surface area contributed by atoms with Gasteiger partial charge < -0.3 is 4.55 Å². The number of hydrogen-bond donors (Lipinski definition) is 0. The van der Waals surface area contributed by atoms with Crippen molar-refractivity contribution in [1.82, 2.24) is 0 Å². The van der Waals surface area contributed by atoms with Crippen LogP contribution in [-0.4, -0.2) is 8.76 Å². The molecule has 1 atom stereocenters. The van der Waals surface area contributed by atoms with Gasteiger partial charge >= 0.3 is 0 Å². The van der Waals surface area contributed by atoms with E-state index in [0.29, 0.717) is 10.0 Å². The van der Waals surface area contributed by atoms with E-state index in [2.05, 4.69) is 0 Å². The lowest BCUT2D eigenvalue weighted by Crippen LogP contribution is -1.89. The van der Waals surface area contributed by atoms with Gasteiger partial charge in [0.15, 0.2) is 0 Å². The molecule has 2 aromatic rings. The molecule has 0 aromatic heterocycles. The first-order chi connectivity index (χ1) is 8.08. The van der Waals surface area contributed by atoms with E-state index >= 15 is 0 Å². The Labute approximate surface area is 111 Å². The highest BCUT2D eigenvalue weighted by molar-refractivity contribution is 7.79. The van der Waals surface area contributed by atoms with Crippen LogP contribution in [-0.2, 0) is 11.1 Å². The van der Waals surface area contributed by atoms with Gasteiger partial charge in [-0.3, -0.25) is 4.21 Å². The van der Waals surface area contributed by atoms with Crippen molar-refractivity contribution in [2.75, 3.05) is 0 Å². The lowest BCUT2D eigenvalue weighted by atomic mass is 10.1. The molecular weight excluding hydrogens is 279 g/mol. The topological polar surface area (TPSA) is 40.1 Å². The maximum atomic E-state index is 10.9. The van der Waals surface area contributed by atoms with E-state index in [9.17, 15) is 8.76 Å². The maximum Gasteiger partial charge on any atom is 0.0598 e. The normalized spacial score (nSPS) is 12.4. The number of benzene rings is 2. The zero-order valence-corrected chi connectivity index (χ0v) is 10.9. The average Bonchev–Trinajstić information content (AvgIpc) is 2.33. The van der Waals surface area contributed by atoms with E-state index < -0.39 is 11.1 Å². The molecule has 88 valence electrons. The molecule has 0 heterocycles. The fourth-order valence-corrected chi connectivity index (χ4v) is 2.17. The zero-order valence-electron chi connectivity index (χ0n) is 8.52. The Kier molecular flexibility index (Phi) is 3.84. The highest BCUT2D eigenvalue weighted by Gasteiger charge is 2.03. The summed E-state index contributed by atoms with van der Waals surface area (Å²) in [7, 11) is 0. The van der Waals surface area contributed by atoms with Crippen molar-refractivity contribution in [3.8, 4) is 11.1 Å². The van der Waals surface area contributed by atoms with Gasteiger partial charge in [-0.2, -0.15) is 0 Å². The van der Waals surface area contributed by atoms with Gasteiger partial charge in [0.25, 0.3) is 0 Å². The molecule has 0 bridgehead atoms. The summed E-state index contributed by atoms with van der Waals surface area (Å²) < 4.78 is 21.7. The summed E-state index contributed by atoms with van der Waals surface area (Å²) in [6.07, 6.45) is 0. The van der Waals surface area contributed by atoms with Crippen LogP contribution in [0.5, 0.6) is 0 Å². The largest absolute Gasteiger partial charge is 0.768 e. The molecule has 0 fully saturated rings. The number of hydrogen-bond acceptors (Lipinski definition) is 2. The van der Waals surface area contributed by atoms with Crippen molar-refractivity contribution in [1.29, 1.82) is 0 Å². The summed E-state index contributed by atoms with van der Waals surface area (Å²) in [6.45, 7) is 0. The quantitative estimate of drug-likeness (QED) is 0.785. The third kappa shape index (κ3) is 2.87. The van der Waals surface area contributed by atoms with Crippen molar-refractivity contribution in [2.24, 2.45) is 0 Å². The van der Waals surface area contributed by atoms with Gasteiger partial charge in [0.1, 0.15) is 0 Å². The third-order valence-electron chi connectivity index (χ3n) is 2.28. The maximum absolute atomic E-state index is 10.9. The van der Waals surface area contributed by atoms with Crippen LogP contribution in [0.4, 0.5) is 0 Å². The van der Waals surface area contributed by atoms with E-state index in [1.54, 1.807) is 30.3 Å². The highest BCUT2D eigenvalue weighted by Crippen LogP contribution is 2.29. The molecular formula is C12H7Cl2O2S-. The van der Waals surface area contributed by atoms with Crippen LogP contribution in [0.1, 0.15) is 0 Å². The molecule has 0 aliphatic rings. The van der Waals surface area contributed by atoms with E-state index in [4.69, 9.17) is 23.2 Å². The van der Waals surface area contributed by atoms with Crippen molar-refractivity contribution in [2.45, 2.75) is 4.90 Å². The Hall–Kier alpha value is -0.870. The minimum absolute atomic E-state index is 0.244. The second-order valence-corrected chi connectivity index (χ2v) is 5.15. The minimum Gasteiger partial charge on any atom is -0.768 e. The molecule has 2 aromatic carbocycles. The van der Waals surface area contributed by atoms with Crippen LogP contribution >= 0.6 is 23.2 Å². The monoisotopic (exact) mass is 285 g/mol. The first-order valence-corrected chi connectivity index (χ1v) is 6.56. The molecule has 0 radical (unpaired) electrons. The summed E-state index contributed by atoms with van der Waals surface area (Å²) in [4.78, 5) is 0.244. The van der Waals surface area contributed by atoms with Crippen LogP contribution in [0, 0.1) is 0 Å². The molecule has 0 saturated carbocycles. The van der Waals surface area contributed by atoms with Gasteiger partial charge in [0.05, 0.1) is 10.0 Å². The molecule has 0 aliphatic carbocycles. The molecule has 0 N–H and O–H groups in total. The predicted octanol–water partition coefficient (Wildman–Crippen LogP) is 3.90. The SMILES string of the molecule is O=S([O-])c1cccc(-c2ccc(Cl)c(Cl)c2)c1. The summed E-state index contributed by atoms with van der Waals surface area (Å²) in [6, 6.07) is 11.8. The Bertz CT molecular complexity index is 584. The second kappa shape index (κ2) is 5.19. The van der Waals surface area contributed by atoms with Crippen molar-refractivity contribution < 1.29 is 8.76 Å². The summed E-state index contributed by atoms with van der Waals surface area (Å²) in [5.41, 5.74) is 1.61. The zero-order chi connectivity index (χ0) is 12.4. The Morgan fingerprint density at radius 1 is 0.941 bits per heavy atom. The van der Waals surface area contributed by atoms with E-state index in [1.807, 2.05) is 6.07 Å². The van der Waals surface area contributed by atoms with Gasteiger partial charge in [-0.1, -0.05) is 41.4 Å². The molecule has 2 rings (SSSR count). The predicted molar refractivity (Wildman–Crippen MR) is 69.1 cm³/mol. The van der Waals surface area contributed by atoms with Crippen molar-refractivity contribution in [3.63, 3.8) is 0 Å². The second-order valence-electron chi connectivity index (χ2n) is 3.39. The molecule has 1 unspecified atom stereocenters. The molecule has 0 amide bonds. The van der Waals surface area contributed by atoms with Crippen LogP contribution < -0.4 is 0 Å². The van der Waals surface area contributed by atoms with Crippen molar-refractivity contribution >= 4 is 34.3 Å². The first kappa shape index (κ1) is 12.6. The Balaban J connectivity index is 2.49. The fourth-order valence-electron chi connectivity index (χ4n) is 1.46. The van der Waals surface area contributed by atoms with E-state index in [0.717, 1.165) is 11.1 Å². The molecule has 5 heteroatoms. The van der Waals surface area contributed by atoms with Gasteiger partial charge in [-0.05, 0) is 46.5 Å². The Morgan fingerprint density at radius 2 is 1.65 bits per heavy atom. The lowest BCUT2D eigenvalue weighted by Gasteiger charge is -2.08. The van der Waals surface area contributed by atoms with E-state index in [-0.39, 0.29) is 4.90 Å². The van der Waals surface area contributed by atoms with Crippen LogP contribution in [0.3, 0.4) is 0 Å².